The molecule has 0 rings (SSSR count). The summed E-state index contributed by atoms with van der Waals surface area (Å²) in [5.74, 6) is 0.183. The van der Waals surface area contributed by atoms with Crippen LogP contribution in [0.1, 0.15) is 53.4 Å². The van der Waals surface area contributed by atoms with Crippen molar-refractivity contribution in [2.24, 2.45) is 5.10 Å². The van der Waals surface area contributed by atoms with Crippen molar-refractivity contribution >= 4 is 11.5 Å². The predicted octanol–water partition coefficient (Wildman–Crippen LogP) is 2.51. The van der Waals surface area contributed by atoms with Gasteiger partial charge in [0.15, 0.2) is 0 Å². The third-order valence-corrected chi connectivity index (χ3v) is 2.05. The van der Waals surface area contributed by atoms with Gasteiger partial charge in [-0.05, 0) is 26.7 Å². The molecule has 0 aromatic rings. The Labute approximate surface area is 87.0 Å². The summed E-state index contributed by atoms with van der Waals surface area (Å²) in [6, 6.07) is 0.383. The van der Waals surface area contributed by atoms with Gasteiger partial charge < -0.3 is 5.43 Å². The van der Waals surface area contributed by atoms with Crippen molar-refractivity contribution in [3.63, 3.8) is 0 Å². The molecule has 0 fully saturated rings. The Balaban J connectivity index is 4.10. The standard InChI is InChI=1S/C11H22N2O/c1-5-7-11(8-10(4)14)13-12-9(3)6-2/h9,12H,5-8H2,1-4H3/b13-11+. The minimum atomic E-state index is 0.183. The maximum Gasteiger partial charge on any atom is 0.135 e. The van der Waals surface area contributed by atoms with Gasteiger partial charge in [0, 0.05) is 18.2 Å². The summed E-state index contributed by atoms with van der Waals surface area (Å²) in [6.07, 6.45) is 3.47. The minimum Gasteiger partial charge on any atom is -0.307 e. The molecule has 14 heavy (non-hydrogen) atoms. The number of hydrogen-bond donors (Lipinski definition) is 1. The van der Waals surface area contributed by atoms with Crippen molar-refractivity contribution in [1.82, 2.24) is 5.43 Å². The van der Waals surface area contributed by atoms with Crippen molar-refractivity contribution in [1.29, 1.82) is 0 Å². The van der Waals surface area contributed by atoms with E-state index in [9.17, 15) is 4.79 Å². The summed E-state index contributed by atoms with van der Waals surface area (Å²) in [5.41, 5.74) is 4.03. The van der Waals surface area contributed by atoms with E-state index in [0.717, 1.165) is 25.0 Å². The molecule has 1 N–H and O–H groups in total. The third-order valence-electron chi connectivity index (χ3n) is 2.05. The van der Waals surface area contributed by atoms with Crippen molar-refractivity contribution in [3.05, 3.63) is 0 Å². The van der Waals surface area contributed by atoms with E-state index in [2.05, 4.69) is 31.3 Å². The van der Waals surface area contributed by atoms with Crippen molar-refractivity contribution in [3.8, 4) is 0 Å². The minimum absolute atomic E-state index is 0.183. The van der Waals surface area contributed by atoms with E-state index >= 15 is 0 Å². The molecule has 3 nitrogen and oxygen atoms in total. The van der Waals surface area contributed by atoms with Crippen LogP contribution in [0.25, 0.3) is 0 Å². The van der Waals surface area contributed by atoms with Gasteiger partial charge in [-0.3, -0.25) is 4.79 Å². The molecule has 82 valence electrons. The predicted molar refractivity (Wildman–Crippen MR) is 60.5 cm³/mol. The van der Waals surface area contributed by atoms with E-state index < -0.39 is 0 Å². The lowest BCUT2D eigenvalue weighted by molar-refractivity contribution is -0.115. The number of rotatable bonds is 7. The fourth-order valence-corrected chi connectivity index (χ4v) is 1.05. The van der Waals surface area contributed by atoms with Crippen molar-refractivity contribution < 1.29 is 4.79 Å². The molecule has 0 saturated heterocycles. The highest BCUT2D eigenvalue weighted by Gasteiger charge is 2.03. The number of carbonyl (C=O) groups is 1. The maximum atomic E-state index is 10.9. The fraction of sp³-hybridized carbons (Fsp3) is 0.818. The van der Waals surface area contributed by atoms with Crippen LogP contribution in [0, 0.1) is 0 Å². The Morgan fingerprint density at radius 3 is 2.50 bits per heavy atom. The van der Waals surface area contributed by atoms with E-state index in [1.54, 1.807) is 6.92 Å². The third kappa shape index (κ3) is 6.63. The van der Waals surface area contributed by atoms with Crippen LogP contribution in [0.4, 0.5) is 0 Å². The highest BCUT2D eigenvalue weighted by Crippen LogP contribution is 1.98. The molecule has 3 heteroatoms. The molecule has 0 aliphatic heterocycles. The van der Waals surface area contributed by atoms with Gasteiger partial charge in [-0.25, -0.2) is 0 Å². The zero-order chi connectivity index (χ0) is 11.0. The molecular weight excluding hydrogens is 176 g/mol. The number of nitrogens with one attached hydrogen (secondary N) is 1. The van der Waals surface area contributed by atoms with Gasteiger partial charge in [-0.1, -0.05) is 20.3 Å². The first kappa shape index (κ1) is 13.1. The van der Waals surface area contributed by atoms with E-state index in [-0.39, 0.29) is 5.78 Å². The highest BCUT2D eigenvalue weighted by molar-refractivity contribution is 6.00. The van der Waals surface area contributed by atoms with E-state index in [1.165, 1.54) is 0 Å². The largest absolute Gasteiger partial charge is 0.307 e. The SMILES string of the molecule is CCC/C(CC(C)=O)=N\NC(C)CC. The lowest BCUT2D eigenvalue weighted by atomic mass is 10.1. The van der Waals surface area contributed by atoms with Crippen LogP contribution in [-0.4, -0.2) is 17.5 Å². The lowest BCUT2D eigenvalue weighted by Gasteiger charge is -2.09. The number of nitrogens with zero attached hydrogens (tertiary/aromatic N) is 1. The topological polar surface area (TPSA) is 41.5 Å². The molecule has 1 atom stereocenters. The Kier molecular flexibility index (Phi) is 7.07. The molecule has 0 spiro atoms. The van der Waals surface area contributed by atoms with Gasteiger partial charge in [0.1, 0.15) is 5.78 Å². The summed E-state index contributed by atoms with van der Waals surface area (Å²) in [4.78, 5) is 10.9. The van der Waals surface area contributed by atoms with Crippen LogP contribution in [0.5, 0.6) is 0 Å². The first-order valence-corrected chi connectivity index (χ1v) is 5.40. The van der Waals surface area contributed by atoms with Gasteiger partial charge in [0.25, 0.3) is 0 Å². The van der Waals surface area contributed by atoms with Crippen molar-refractivity contribution in [2.45, 2.75) is 59.4 Å². The van der Waals surface area contributed by atoms with Gasteiger partial charge in [-0.15, -0.1) is 0 Å². The van der Waals surface area contributed by atoms with E-state index in [4.69, 9.17) is 0 Å². The fourth-order valence-electron chi connectivity index (χ4n) is 1.05. The average molecular weight is 198 g/mol. The monoisotopic (exact) mass is 198 g/mol. The second-order valence-corrected chi connectivity index (χ2v) is 3.75. The number of ketones is 1. The number of hydrogen-bond acceptors (Lipinski definition) is 3. The molecule has 0 bridgehead atoms. The highest BCUT2D eigenvalue weighted by atomic mass is 16.1. The van der Waals surface area contributed by atoms with Crippen LogP contribution in [0.3, 0.4) is 0 Å². The second kappa shape index (κ2) is 7.54. The zero-order valence-electron chi connectivity index (χ0n) is 9.76. The summed E-state index contributed by atoms with van der Waals surface area (Å²) in [6.45, 7) is 7.89. The number of carbonyl (C=O) groups excluding carboxylic acids is 1. The second-order valence-electron chi connectivity index (χ2n) is 3.75. The lowest BCUT2D eigenvalue weighted by Crippen LogP contribution is -2.22. The average Bonchev–Trinajstić information content (AvgIpc) is 2.13. The molecule has 0 heterocycles. The van der Waals surface area contributed by atoms with Gasteiger partial charge in [0.2, 0.25) is 0 Å². The molecule has 0 amide bonds. The number of hydrazone groups is 1. The number of Topliss-reactive ketones (excluding diaryl/α,β-unsaturated/α-hetero) is 1. The van der Waals surface area contributed by atoms with E-state index in [0.29, 0.717) is 12.5 Å². The Morgan fingerprint density at radius 2 is 2.07 bits per heavy atom. The molecule has 0 saturated carbocycles. The van der Waals surface area contributed by atoms with Gasteiger partial charge in [-0.2, -0.15) is 5.10 Å². The molecule has 0 aliphatic rings. The normalized spacial score (nSPS) is 13.9. The zero-order valence-corrected chi connectivity index (χ0v) is 9.76. The van der Waals surface area contributed by atoms with Gasteiger partial charge >= 0.3 is 0 Å². The summed E-state index contributed by atoms with van der Waals surface area (Å²) in [5, 5.41) is 4.27. The molecule has 0 aromatic carbocycles. The Morgan fingerprint density at radius 1 is 1.43 bits per heavy atom. The molecular formula is C11H22N2O. The quantitative estimate of drug-likeness (QED) is 0.504. The van der Waals surface area contributed by atoms with Crippen LogP contribution < -0.4 is 5.43 Å². The smallest absolute Gasteiger partial charge is 0.135 e. The summed E-state index contributed by atoms with van der Waals surface area (Å²) in [7, 11) is 0. The Hall–Kier alpha value is -0.860. The molecule has 0 aromatic heterocycles. The molecule has 0 aliphatic carbocycles. The van der Waals surface area contributed by atoms with Crippen LogP contribution in [-0.2, 0) is 4.79 Å². The summed E-state index contributed by atoms with van der Waals surface area (Å²) >= 11 is 0. The Bertz CT molecular complexity index is 199. The van der Waals surface area contributed by atoms with Crippen LogP contribution in [0.15, 0.2) is 5.10 Å². The van der Waals surface area contributed by atoms with Crippen molar-refractivity contribution in [2.75, 3.05) is 0 Å². The summed E-state index contributed by atoms with van der Waals surface area (Å²) < 4.78 is 0. The van der Waals surface area contributed by atoms with Gasteiger partial charge in [0.05, 0.1) is 0 Å². The molecule has 0 radical (unpaired) electrons. The maximum absolute atomic E-state index is 10.9. The first-order valence-electron chi connectivity index (χ1n) is 5.40. The molecule has 1 unspecified atom stereocenters. The van der Waals surface area contributed by atoms with Crippen LogP contribution in [0.2, 0.25) is 0 Å². The van der Waals surface area contributed by atoms with Crippen LogP contribution >= 0.6 is 0 Å². The van der Waals surface area contributed by atoms with E-state index in [1.807, 2.05) is 0 Å². The first-order chi connectivity index (χ1) is 6.60.